The Labute approximate surface area is 169 Å². The van der Waals surface area contributed by atoms with Crippen molar-refractivity contribution in [3.63, 3.8) is 0 Å². The molecule has 6 nitrogen and oxygen atoms in total. The van der Waals surface area contributed by atoms with Gasteiger partial charge in [-0.25, -0.2) is 9.97 Å². The van der Waals surface area contributed by atoms with Gasteiger partial charge in [-0.1, -0.05) is 13.8 Å². The first-order valence-corrected chi connectivity index (χ1v) is 11.7. The third-order valence-electron chi connectivity index (χ3n) is 4.72. The van der Waals surface area contributed by atoms with Gasteiger partial charge in [-0.3, -0.25) is 4.90 Å². The molecule has 1 saturated heterocycles. The Bertz CT molecular complexity index is 492. The SMILES string of the molecule is CSCCc1cnc(N2CCN(CCCOCCCNC(C)C)CC2)nc1. The van der Waals surface area contributed by atoms with Crippen molar-refractivity contribution in [2.45, 2.75) is 39.2 Å². The minimum absolute atomic E-state index is 0.562. The van der Waals surface area contributed by atoms with Crippen molar-refractivity contribution in [2.75, 3.05) is 69.4 Å². The Morgan fingerprint density at radius 2 is 1.81 bits per heavy atom. The molecule has 0 bridgehead atoms. The summed E-state index contributed by atoms with van der Waals surface area (Å²) in [6.07, 6.45) is 9.35. The summed E-state index contributed by atoms with van der Waals surface area (Å²) in [5.74, 6) is 2.00. The Morgan fingerprint density at radius 3 is 2.48 bits per heavy atom. The van der Waals surface area contributed by atoms with Crippen LogP contribution in [0.4, 0.5) is 5.95 Å². The van der Waals surface area contributed by atoms with Crippen molar-refractivity contribution in [1.29, 1.82) is 0 Å². The van der Waals surface area contributed by atoms with E-state index in [1.165, 1.54) is 5.56 Å². The molecule has 1 N–H and O–H groups in total. The fourth-order valence-electron chi connectivity index (χ4n) is 3.09. The molecule has 2 rings (SSSR count). The van der Waals surface area contributed by atoms with Gasteiger partial charge in [-0.15, -0.1) is 0 Å². The van der Waals surface area contributed by atoms with Gasteiger partial charge in [-0.2, -0.15) is 11.8 Å². The van der Waals surface area contributed by atoms with Gasteiger partial charge < -0.3 is 15.0 Å². The van der Waals surface area contributed by atoms with Crippen LogP contribution in [0.5, 0.6) is 0 Å². The molecule has 1 fully saturated rings. The summed E-state index contributed by atoms with van der Waals surface area (Å²) >= 11 is 1.86. The number of ether oxygens (including phenoxy) is 1. The highest BCUT2D eigenvalue weighted by Crippen LogP contribution is 2.12. The second-order valence-corrected chi connectivity index (χ2v) is 8.38. The number of nitrogens with one attached hydrogen (secondary N) is 1. The van der Waals surface area contributed by atoms with Gasteiger partial charge in [0.25, 0.3) is 0 Å². The second-order valence-electron chi connectivity index (χ2n) is 7.39. The van der Waals surface area contributed by atoms with Crippen LogP contribution in [0.15, 0.2) is 12.4 Å². The van der Waals surface area contributed by atoms with E-state index in [0.717, 1.165) is 83.4 Å². The lowest BCUT2D eigenvalue weighted by molar-refractivity contribution is 0.117. The van der Waals surface area contributed by atoms with Gasteiger partial charge in [0.1, 0.15) is 0 Å². The highest BCUT2D eigenvalue weighted by Gasteiger charge is 2.18. The summed E-state index contributed by atoms with van der Waals surface area (Å²) in [5, 5.41) is 3.41. The number of thioether (sulfide) groups is 1. The normalized spacial score (nSPS) is 15.6. The molecular weight excluding hydrogens is 358 g/mol. The molecule has 1 aliphatic rings. The lowest BCUT2D eigenvalue weighted by Gasteiger charge is -2.34. The van der Waals surface area contributed by atoms with Crippen molar-refractivity contribution in [3.05, 3.63) is 18.0 Å². The third-order valence-corrected chi connectivity index (χ3v) is 5.34. The molecule has 0 aliphatic carbocycles. The number of nitrogens with zero attached hydrogens (tertiary/aromatic N) is 4. The molecule has 2 heterocycles. The zero-order valence-electron chi connectivity index (χ0n) is 17.3. The molecule has 154 valence electrons. The molecule has 27 heavy (non-hydrogen) atoms. The number of aromatic nitrogens is 2. The van der Waals surface area contributed by atoms with E-state index in [2.05, 4.69) is 45.2 Å². The largest absolute Gasteiger partial charge is 0.381 e. The number of hydrogen-bond donors (Lipinski definition) is 1. The highest BCUT2D eigenvalue weighted by molar-refractivity contribution is 7.98. The van der Waals surface area contributed by atoms with Crippen LogP contribution in [0.3, 0.4) is 0 Å². The molecule has 0 amide bonds. The van der Waals surface area contributed by atoms with E-state index in [-0.39, 0.29) is 0 Å². The van der Waals surface area contributed by atoms with E-state index < -0.39 is 0 Å². The first-order chi connectivity index (χ1) is 13.2. The lowest BCUT2D eigenvalue weighted by atomic mass is 10.3. The molecule has 0 unspecified atom stereocenters. The summed E-state index contributed by atoms with van der Waals surface area (Å²) in [5.41, 5.74) is 1.23. The second kappa shape index (κ2) is 13.3. The predicted octanol–water partition coefficient (Wildman–Crippen LogP) is 2.30. The average Bonchev–Trinajstić information content (AvgIpc) is 2.69. The van der Waals surface area contributed by atoms with Gasteiger partial charge in [0.15, 0.2) is 0 Å². The van der Waals surface area contributed by atoms with Gasteiger partial charge in [-0.05, 0) is 43.4 Å². The monoisotopic (exact) mass is 395 g/mol. The minimum atomic E-state index is 0.562. The molecule has 0 aromatic carbocycles. The Hall–Kier alpha value is -0.890. The first kappa shape index (κ1) is 22.4. The van der Waals surface area contributed by atoms with Crippen molar-refractivity contribution in [2.24, 2.45) is 0 Å². The summed E-state index contributed by atoms with van der Waals surface area (Å²) < 4.78 is 5.74. The topological polar surface area (TPSA) is 53.5 Å². The lowest BCUT2D eigenvalue weighted by Crippen LogP contribution is -2.47. The summed E-state index contributed by atoms with van der Waals surface area (Å²) in [6.45, 7) is 12.4. The molecule has 0 spiro atoms. The van der Waals surface area contributed by atoms with Crippen LogP contribution < -0.4 is 10.2 Å². The van der Waals surface area contributed by atoms with E-state index in [0.29, 0.717) is 6.04 Å². The molecule has 1 aliphatic heterocycles. The van der Waals surface area contributed by atoms with E-state index >= 15 is 0 Å². The molecule has 0 saturated carbocycles. The molecular formula is C20H37N5OS. The molecule has 0 radical (unpaired) electrons. The molecule has 1 aromatic heterocycles. The number of piperazine rings is 1. The zero-order chi connectivity index (χ0) is 19.3. The van der Waals surface area contributed by atoms with E-state index in [4.69, 9.17) is 4.74 Å². The maximum absolute atomic E-state index is 5.74. The Balaban J connectivity index is 1.53. The average molecular weight is 396 g/mol. The van der Waals surface area contributed by atoms with Gasteiger partial charge in [0.2, 0.25) is 5.95 Å². The summed E-state index contributed by atoms with van der Waals surface area (Å²) in [7, 11) is 0. The zero-order valence-corrected chi connectivity index (χ0v) is 18.1. The van der Waals surface area contributed by atoms with E-state index in [1.807, 2.05) is 24.2 Å². The Morgan fingerprint density at radius 1 is 1.11 bits per heavy atom. The number of aryl methyl sites for hydroxylation is 1. The quantitative estimate of drug-likeness (QED) is 0.514. The fourth-order valence-corrected chi connectivity index (χ4v) is 3.53. The standard InChI is InChI=1S/C20H37N5OS/c1-18(2)21-7-4-13-26-14-5-8-24-9-11-25(12-10-24)20-22-16-19(17-23-20)6-15-27-3/h16-18,21H,4-15H2,1-3H3. The van der Waals surface area contributed by atoms with Crippen LogP contribution in [-0.2, 0) is 11.2 Å². The fraction of sp³-hybridized carbons (Fsp3) is 0.800. The first-order valence-electron chi connectivity index (χ1n) is 10.3. The maximum atomic E-state index is 5.74. The van der Waals surface area contributed by atoms with Crippen molar-refractivity contribution in [3.8, 4) is 0 Å². The minimum Gasteiger partial charge on any atom is -0.381 e. The van der Waals surface area contributed by atoms with Crippen molar-refractivity contribution in [1.82, 2.24) is 20.2 Å². The summed E-state index contributed by atoms with van der Waals surface area (Å²) in [6, 6.07) is 0.562. The van der Waals surface area contributed by atoms with Crippen LogP contribution in [0.1, 0.15) is 32.3 Å². The number of anilines is 1. The predicted molar refractivity (Wildman–Crippen MR) is 116 cm³/mol. The van der Waals surface area contributed by atoms with E-state index in [9.17, 15) is 0 Å². The Kier molecular flexibility index (Phi) is 11.0. The van der Waals surface area contributed by atoms with Crippen LogP contribution in [-0.4, -0.2) is 85.4 Å². The van der Waals surface area contributed by atoms with E-state index in [1.54, 1.807) is 0 Å². The van der Waals surface area contributed by atoms with Crippen LogP contribution >= 0.6 is 11.8 Å². The van der Waals surface area contributed by atoms with Crippen LogP contribution in [0.25, 0.3) is 0 Å². The molecule has 7 heteroatoms. The van der Waals surface area contributed by atoms with Crippen LogP contribution in [0, 0.1) is 0 Å². The smallest absolute Gasteiger partial charge is 0.225 e. The van der Waals surface area contributed by atoms with Gasteiger partial charge in [0, 0.05) is 64.4 Å². The molecule has 1 aromatic rings. The van der Waals surface area contributed by atoms with Gasteiger partial charge in [0.05, 0.1) is 0 Å². The van der Waals surface area contributed by atoms with Crippen molar-refractivity contribution < 1.29 is 4.74 Å². The van der Waals surface area contributed by atoms with Crippen molar-refractivity contribution >= 4 is 17.7 Å². The maximum Gasteiger partial charge on any atom is 0.225 e. The van der Waals surface area contributed by atoms with Gasteiger partial charge >= 0.3 is 0 Å². The number of hydrogen-bond acceptors (Lipinski definition) is 7. The highest BCUT2D eigenvalue weighted by atomic mass is 32.2. The molecule has 0 atom stereocenters. The third kappa shape index (κ3) is 9.23. The van der Waals surface area contributed by atoms with Crippen LogP contribution in [0.2, 0.25) is 0 Å². The number of rotatable bonds is 13. The summed E-state index contributed by atoms with van der Waals surface area (Å²) in [4.78, 5) is 13.9.